The number of carbonyl (C=O) groups is 1. The van der Waals surface area contributed by atoms with E-state index in [1.807, 2.05) is 0 Å². The molecule has 0 spiro atoms. The quantitative estimate of drug-likeness (QED) is 0.424. The number of hydrogen-bond donors (Lipinski definition) is 3. The van der Waals surface area contributed by atoms with Crippen LogP contribution < -0.4 is 0 Å². The fourth-order valence-electron chi connectivity index (χ4n) is 1.39. The third kappa shape index (κ3) is 3.03. The fraction of sp³-hybridized carbons (Fsp3) is 0.300. The second-order valence-corrected chi connectivity index (χ2v) is 4.15. The van der Waals surface area contributed by atoms with Crippen molar-refractivity contribution >= 4 is 27.6 Å². The van der Waals surface area contributed by atoms with Crippen molar-refractivity contribution in [2.24, 2.45) is 0 Å². The fourth-order valence-corrected chi connectivity index (χ4v) is 1.75. The molecule has 0 aliphatic carbocycles. The lowest BCUT2D eigenvalue weighted by molar-refractivity contribution is -0.385. The van der Waals surface area contributed by atoms with E-state index < -0.39 is 23.1 Å². The maximum Gasteiger partial charge on any atom is 0.336 e. The predicted octanol–water partition coefficient (Wildman–Crippen LogP) is 1.08. The molecular weight excluding hydrogens is 310 g/mol. The number of nitro benzene ring substituents is 1. The molecule has 18 heavy (non-hydrogen) atoms. The molecule has 0 heterocycles. The van der Waals surface area contributed by atoms with Crippen molar-refractivity contribution in [2.45, 2.75) is 12.2 Å². The molecule has 0 aliphatic rings. The van der Waals surface area contributed by atoms with Crippen LogP contribution in [0.3, 0.4) is 0 Å². The third-order valence-corrected chi connectivity index (χ3v) is 2.98. The van der Waals surface area contributed by atoms with Crippen LogP contribution in [0.5, 0.6) is 0 Å². The molecule has 98 valence electrons. The largest absolute Gasteiger partial charge is 0.478 e. The first-order valence-corrected chi connectivity index (χ1v) is 5.94. The van der Waals surface area contributed by atoms with Gasteiger partial charge < -0.3 is 15.3 Å². The van der Waals surface area contributed by atoms with Crippen molar-refractivity contribution in [3.05, 3.63) is 39.4 Å². The summed E-state index contributed by atoms with van der Waals surface area (Å²) in [6.07, 6.45) is -2.78. The van der Waals surface area contributed by atoms with Crippen LogP contribution in [0, 0.1) is 10.1 Å². The maximum absolute atomic E-state index is 10.9. The molecule has 1 rings (SSSR count). The summed E-state index contributed by atoms with van der Waals surface area (Å²) in [7, 11) is 0. The molecule has 0 bridgehead atoms. The van der Waals surface area contributed by atoms with E-state index in [1.54, 1.807) is 0 Å². The topological polar surface area (TPSA) is 121 Å². The Morgan fingerprint density at radius 3 is 2.50 bits per heavy atom. The van der Waals surface area contributed by atoms with Gasteiger partial charge in [0, 0.05) is 23.0 Å². The number of hydrogen-bond acceptors (Lipinski definition) is 5. The lowest BCUT2D eigenvalue weighted by Crippen LogP contribution is -2.22. The highest BCUT2D eigenvalue weighted by atomic mass is 79.9. The third-order valence-electron chi connectivity index (χ3n) is 2.32. The SMILES string of the molecule is O=C(O)c1ccc([N+](=O)[O-])cc1C(O)C(O)CBr. The van der Waals surface area contributed by atoms with Gasteiger partial charge in [-0.05, 0) is 6.07 Å². The van der Waals surface area contributed by atoms with Gasteiger partial charge in [0.05, 0.1) is 16.6 Å². The van der Waals surface area contributed by atoms with Gasteiger partial charge >= 0.3 is 5.97 Å². The Labute approximate surface area is 110 Å². The summed E-state index contributed by atoms with van der Waals surface area (Å²) in [5, 5.41) is 38.8. The number of aliphatic hydroxyl groups excluding tert-OH is 2. The number of benzene rings is 1. The minimum atomic E-state index is -1.52. The minimum absolute atomic E-state index is 0.00984. The average Bonchev–Trinajstić information content (AvgIpc) is 2.35. The van der Waals surface area contributed by atoms with Gasteiger partial charge in [-0.25, -0.2) is 4.79 Å². The highest BCUT2D eigenvalue weighted by Gasteiger charge is 2.25. The van der Waals surface area contributed by atoms with Gasteiger partial charge in [0.25, 0.3) is 5.69 Å². The molecule has 0 fully saturated rings. The zero-order chi connectivity index (χ0) is 13.9. The number of aliphatic hydroxyl groups is 2. The molecule has 2 atom stereocenters. The Morgan fingerprint density at radius 1 is 1.44 bits per heavy atom. The molecule has 8 heteroatoms. The Bertz CT molecular complexity index is 477. The number of carboxylic acid groups (broad SMARTS) is 1. The first kappa shape index (κ1) is 14.6. The van der Waals surface area contributed by atoms with E-state index in [0.717, 1.165) is 18.2 Å². The summed E-state index contributed by atoms with van der Waals surface area (Å²) in [6.45, 7) is 0. The van der Waals surface area contributed by atoms with Crippen LogP contribution in [0.25, 0.3) is 0 Å². The summed E-state index contributed by atoms with van der Waals surface area (Å²) in [5.74, 6) is -1.33. The van der Waals surface area contributed by atoms with Crippen molar-refractivity contribution in [1.29, 1.82) is 0 Å². The standard InChI is InChI=1S/C10H10BrNO6/c11-4-8(13)9(14)7-3-5(12(17)18)1-2-6(7)10(15)16/h1-3,8-9,13-14H,4H2,(H,15,16). The first-order chi connectivity index (χ1) is 8.38. The number of rotatable bonds is 5. The van der Waals surface area contributed by atoms with E-state index in [9.17, 15) is 25.1 Å². The molecule has 2 unspecified atom stereocenters. The van der Waals surface area contributed by atoms with Gasteiger partial charge in [0.15, 0.2) is 0 Å². The van der Waals surface area contributed by atoms with Gasteiger partial charge in [0.1, 0.15) is 6.10 Å². The van der Waals surface area contributed by atoms with Crippen LogP contribution in [-0.2, 0) is 0 Å². The van der Waals surface area contributed by atoms with Gasteiger partial charge in [-0.1, -0.05) is 15.9 Å². The van der Waals surface area contributed by atoms with E-state index in [1.165, 1.54) is 0 Å². The number of halogens is 1. The van der Waals surface area contributed by atoms with Crippen molar-refractivity contribution in [2.75, 3.05) is 5.33 Å². The Kier molecular flexibility index (Phi) is 4.76. The monoisotopic (exact) mass is 319 g/mol. The van der Waals surface area contributed by atoms with Crippen LogP contribution in [0.2, 0.25) is 0 Å². The van der Waals surface area contributed by atoms with Crippen molar-refractivity contribution in [3.8, 4) is 0 Å². The highest BCUT2D eigenvalue weighted by molar-refractivity contribution is 9.09. The van der Waals surface area contributed by atoms with Crippen LogP contribution in [0.4, 0.5) is 5.69 Å². The predicted molar refractivity (Wildman–Crippen MR) is 64.8 cm³/mol. The summed E-state index contributed by atoms with van der Waals surface area (Å²) in [5.41, 5.74) is -0.826. The molecule has 3 N–H and O–H groups in total. The van der Waals surface area contributed by atoms with Crippen LogP contribution in [-0.4, -0.2) is 37.6 Å². The zero-order valence-corrected chi connectivity index (χ0v) is 10.6. The molecule has 0 radical (unpaired) electrons. The van der Waals surface area contributed by atoms with E-state index in [4.69, 9.17) is 5.11 Å². The van der Waals surface area contributed by atoms with Crippen LogP contribution in [0.15, 0.2) is 18.2 Å². The van der Waals surface area contributed by atoms with Crippen LogP contribution >= 0.6 is 15.9 Å². The molecule has 0 aliphatic heterocycles. The summed E-state index contributed by atoms with van der Waals surface area (Å²) < 4.78 is 0. The number of non-ortho nitro benzene ring substituents is 1. The smallest absolute Gasteiger partial charge is 0.336 e. The molecule has 7 nitrogen and oxygen atoms in total. The number of nitrogens with zero attached hydrogens (tertiary/aromatic N) is 1. The van der Waals surface area contributed by atoms with Crippen LogP contribution in [0.1, 0.15) is 22.0 Å². The Morgan fingerprint density at radius 2 is 2.06 bits per heavy atom. The molecular formula is C10H10BrNO6. The Hall–Kier alpha value is -1.51. The number of aromatic carboxylic acids is 1. The maximum atomic E-state index is 10.9. The molecule has 0 amide bonds. The van der Waals surface area contributed by atoms with E-state index in [0.29, 0.717) is 0 Å². The summed E-state index contributed by atoms with van der Waals surface area (Å²) in [6, 6.07) is 3.00. The molecule has 1 aromatic rings. The lowest BCUT2D eigenvalue weighted by atomic mass is 9.98. The molecule has 0 aromatic heterocycles. The molecule has 0 saturated carbocycles. The highest BCUT2D eigenvalue weighted by Crippen LogP contribution is 2.26. The first-order valence-electron chi connectivity index (χ1n) is 4.82. The van der Waals surface area contributed by atoms with E-state index in [-0.39, 0.29) is 22.1 Å². The number of alkyl halides is 1. The van der Waals surface area contributed by atoms with E-state index in [2.05, 4.69) is 15.9 Å². The summed E-state index contributed by atoms with van der Waals surface area (Å²) in [4.78, 5) is 20.8. The molecule has 1 aromatic carbocycles. The zero-order valence-electron chi connectivity index (χ0n) is 8.99. The second-order valence-electron chi connectivity index (χ2n) is 3.50. The van der Waals surface area contributed by atoms with Crippen molar-refractivity contribution in [3.63, 3.8) is 0 Å². The van der Waals surface area contributed by atoms with Crippen molar-refractivity contribution in [1.82, 2.24) is 0 Å². The van der Waals surface area contributed by atoms with Gasteiger partial charge in [-0.15, -0.1) is 0 Å². The van der Waals surface area contributed by atoms with Gasteiger partial charge in [0.2, 0.25) is 0 Å². The number of carboxylic acids is 1. The molecule has 0 saturated heterocycles. The Balaban J connectivity index is 3.31. The average molecular weight is 320 g/mol. The normalized spacial score (nSPS) is 13.9. The number of nitro groups is 1. The lowest BCUT2D eigenvalue weighted by Gasteiger charge is -2.17. The minimum Gasteiger partial charge on any atom is -0.478 e. The van der Waals surface area contributed by atoms with Gasteiger partial charge in [-0.3, -0.25) is 10.1 Å². The van der Waals surface area contributed by atoms with Crippen molar-refractivity contribution < 1.29 is 25.0 Å². The second kappa shape index (κ2) is 5.89. The summed E-state index contributed by atoms with van der Waals surface area (Å²) >= 11 is 2.93. The van der Waals surface area contributed by atoms with Gasteiger partial charge in [-0.2, -0.15) is 0 Å². The van der Waals surface area contributed by atoms with E-state index >= 15 is 0 Å².